The van der Waals surface area contributed by atoms with Crippen molar-refractivity contribution in [3.63, 3.8) is 0 Å². The number of hydrogen-bond donors (Lipinski definition) is 2. The second-order valence-corrected chi connectivity index (χ2v) is 12.1. The number of anilines is 1. The third-order valence-corrected chi connectivity index (χ3v) is 7.28. The van der Waals surface area contributed by atoms with Gasteiger partial charge in [-0.25, -0.2) is 0 Å². The van der Waals surface area contributed by atoms with Crippen molar-refractivity contribution in [3.8, 4) is 0 Å². The number of halogens is 3. The molecule has 2 heterocycles. The standard InChI is InChI=1S/C29H37F3N6O2/c1-19(2)13-33-14-20-11-23(25(40)38(15-20)10-9-29(30,31)32)24(39)35-22-8-6-7-21(12-22)28(16-27(3,4)17-28)26-36-34-18-37(26)5/h6-8,11-12,15,18-19,33H,9-10,13-14,16-17H2,1-5H3,(H,35,39). The van der Waals surface area contributed by atoms with E-state index < -0.39 is 30.6 Å². The summed E-state index contributed by atoms with van der Waals surface area (Å²) in [5.41, 5.74) is 0.775. The number of nitrogens with zero attached hydrogens (tertiary/aromatic N) is 4. The third-order valence-electron chi connectivity index (χ3n) is 7.28. The summed E-state index contributed by atoms with van der Waals surface area (Å²) in [5.74, 6) is 0.525. The predicted molar refractivity (Wildman–Crippen MR) is 147 cm³/mol. The Labute approximate surface area is 232 Å². The number of carbonyl (C=O) groups is 1. The summed E-state index contributed by atoms with van der Waals surface area (Å²) in [6.45, 7) is 8.88. The zero-order valence-corrected chi connectivity index (χ0v) is 23.6. The smallest absolute Gasteiger partial charge is 0.322 e. The Bertz CT molecular complexity index is 1420. The van der Waals surface area contributed by atoms with Crippen LogP contribution < -0.4 is 16.2 Å². The van der Waals surface area contributed by atoms with Crippen molar-refractivity contribution in [2.45, 2.75) is 71.6 Å². The summed E-state index contributed by atoms with van der Waals surface area (Å²) < 4.78 is 41.7. The zero-order valence-electron chi connectivity index (χ0n) is 23.6. The van der Waals surface area contributed by atoms with E-state index in [1.54, 1.807) is 12.4 Å². The first-order chi connectivity index (χ1) is 18.7. The maximum atomic E-state index is 13.4. The Morgan fingerprint density at radius 3 is 2.50 bits per heavy atom. The van der Waals surface area contributed by atoms with Crippen LogP contribution in [0.4, 0.5) is 18.9 Å². The highest BCUT2D eigenvalue weighted by atomic mass is 19.4. The Hall–Kier alpha value is -3.47. The van der Waals surface area contributed by atoms with Crippen LogP contribution in [0.25, 0.3) is 0 Å². The second kappa shape index (κ2) is 11.2. The Morgan fingerprint density at radius 1 is 1.18 bits per heavy atom. The van der Waals surface area contributed by atoms with Gasteiger partial charge in [0, 0.05) is 32.0 Å². The number of benzene rings is 1. The Kier molecular flexibility index (Phi) is 8.26. The van der Waals surface area contributed by atoms with Gasteiger partial charge < -0.3 is 19.8 Å². The monoisotopic (exact) mass is 558 g/mol. The first kappa shape index (κ1) is 29.5. The van der Waals surface area contributed by atoms with Crippen molar-refractivity contribution in [1.82, 2.24) is 24.6 Å². The molecule has 8 nitrogen and oxygen atoms in total. The SMILES string of the molecule is CC(C)CNCc1cc(C(=O)Nc2cccc(C3(c4nncn4C)CC(C)(C)C3)c2)c(=O)n(CCC(F)(F)F)c1. The molecule has 0 unspecified atom stereocenters. The summed E-state index contributed by atoms with van der Waals surface area (Å²) in [4.78, 5) is 26.5. The molecule has 3 aromatic rings. The minimum atomic E-state index is -4.43. The van der Waals surface area contributed by atoms with Crippen molar-refractivity contribution in [1.29, 1.82) is 0 Å². The number of amides is 1. The van der Waals surface area contributed by atoms with E-state index in [9.17, 15) is 22.8 Å². The number of alkyl halides is 3. The summed E-state index contributed by atoms with van der Waals surface area (Å²) in [7, 11) is 1.90. The summed E-state index contributed by atoms with van der Waals surface area (Å²) in [5, 5.41) is 14.5. The lowest BCUT2D eigenvalue weighted by molar-refractivity contribution is -0.136. The van der Waals surface area contributed by atoms with Gasteiger partial charge in [-0.05, 0) is 60.0 Å². The number of hydrogen-bond acceptors (Lipinski definition) is 5. The zero-order chi connectivity index (χ0) is 29.3. The van der Waals surface area contributed by atoms with E-state index in [4.69, 9.17) is 0 Å². The van der Waals surface area contributed by atoms with Crippen LogP contribution in [0.15, 0.2) is 47.7 Å². The van der Waals surface area contributed by atoms with Gasteiger partial charge in [-0.2, -0.15) is 13.2 Å². The van der Waals surface area contributed by atoms with Gasteiger partial charge in [-0.3, -0.25) is 9.59 Å². The highest BCUT2D eigenvalue weighted by molar-refractivity contribution is 6.04. The molecule has 0 bridgehead atoms. The number of rotatable bonds is 10. The topological polar surface area (TPSA) is 93.8 Å². The van der Waals surface area contributed by atoms with Crippen molar-refractivity contribution in [2.75, 3.05) is 11.9 Å². The van der Waals surface area contributed by atoms with Crippen LogP contribution in [0.3, 0.4) is 0 Å². The lowest BCUT2D eigenvalue weighted by Crippen LogP contribution is -2.49. The molecule has 1 aliphatic carbocycles. The van der Waals surface area contributed by atoms with E-state index in [1.165, 1.54) is 12.3 Å². The van der Waals surface area contributed by atoms with E-state index in [0.29, 0.717) is 30.3 Å². The van der Waals surface area contributed by atoms with Gasteiger partial charge in [-0.15, -0.1) is 10.2 Å². The van der Waals surface area contributed by atoms with Crippen molar-refractivity contribution < 1.29 is 18.0 Å². The lowest BCUT2D eigenvalue weighted by Gasteiger charge is -2.52. The Morgan fingerprint density at radius 2 is 1.90 bits per heavy atom. The minimum absolute atomic E-state index is 0.108. The largest absolute Gasteiger partial charge is 0.390 e. The maximum Gasteiger partial charge on any atom is 0.390 e. The number of carbonyl (C=O) groups excluding carboxylic acids is 1. The highest BCUT2D eigenvalue weighted by Crippen LogP contribution is 2.58. The van der Waals surface area contributed by atoms with Crippen LogP contribution in [0.2, 0.25) is 0 Å². The third kappa shape index (κ3) is 6.63. The second-order valence-electron chi connectivity index (χ2n) is 12.1. The first-order valence-electron chi connectivity index (χ1n) is 13.5. The average molecular weight is 559 g/mol. The average Bonchev–Trinajstić information content (AvgIpc) is 3.27. The molecule has 216 valence electrons. The van der Waals surface area contributed by atoms with Gasteiger partial charge in [0.05, 0.1) is 11.8 Å². The maximum absolute atomic E-state index is 13.4. The summed E-state index contributed by atoms with van der Waals surface area (Å²) in [6.07, 6.45) is -0.844. The molecule has 1 aliphatic rings. The number of nitrogens with one attached hydrogen (secondary N) is 2. The molecule has 0 saturated heterocycles. The molecular weight excluding hydrogens is 521 g/mol. The fraction of sp³-hybridized carbons (Fsp3) is 0.517. The number of aryl methyl sites for hydroxylation is 2. The van der Waals surface area contributed by atoms with E-state index >= 15 is 0 Å². The fourth-order valence-corrected chi connectivity index (χ4v) is 5.76. The molecule has 1 amide bonds. The molecule has 40 heavy (non-hydrogen) atoms. The van der Waals surface area contributed by atoms with E-state index in [2.05, 4.69) is 34.7 Å². The first-order valence-corrected chi connectivity index (χ1v) is 13.5. The van der Waals surface area contributed by atoms with Crippen molar-refractivity contribution in [2.24, 2.45) is 18.4 Å². The van der Waals surface area contributed by atoms with Gasteiger partial charge in [0.2, 0.25) is 0 Å². The highest BCUT2D eigenvalue weighted by Gasteiger charge is 2.53. The van der Waals surface area contributed by atoms with Gasteiger partial charge in [-0.1, -0.05) is 39.8 Å². The molecule has 0 radical (unpaired) electrons. The molecule has 0 spiro atoms. The van der Waals surface area contributed by atoms with Crippen LogP contribution in [-0.2, 0) is 25.6 Å². The fourth-order valence-electron chi connectivity index (χ4n) is 5.76. The van der Waals surface area contributed by atoms with Crippen LogP contribution in [0.5, 0.6) is 0 Å². The Balaban J connectivity index is 1.63. The van der Waals surface area contributed by atoms with Crippen molar-refractivity contribution in [3.05, 3.63) is 75.7 Å². The normalized spacial score (nSPS) is 16.1. The molecule has 1 fully saturated rings. The number of pyridine rings is 1. The quantitative estimate of drug-likeness (QED) is 0.364. The van der Waals surface area contributed by atoms with Crippen LogP contribution in [0.1, 0.15) is 74.3 Å². The van der Waals surface area contributed by atoms with E-state index in [-0.39, 0.29) is 16.4 Å². The van der Waals surface area contributed by atoms with Gasteiger partial charge >= 0.3 is 6.18 Å². The van der Waals surface area contributed by atoms with Crippen molar-refractivity contribution >= 4 is 11.6 Å². The van der Waals surface area contributed by atoms with Gasteiger partial charge in [0.25, 0.3) is 11.5 Å². The molecule has 2 N–H and O–H groups in total. The molecule has 1 aromatic carbocycles. The van der Waals surface area contributed by atoms with Crippen LogP contribution >= 0.6 is 0 Å². The van der Waals surface area contributed by atoms with Gasteiger partial charge in [0.15, 0.2) is 0 Å². The van der Waals surface area contributed by atoms with Crippen LogP contribution in [0, 0.1) is 11.3 Å². The molecule has 11 heteroatoms. The van der Waals surface area contributed by atoms with Crippen LogP contribution in [-0.4, -0.2) is 38.0 Å². The molecule has 1 saturated carbocycles. The molecule has 0 atom stereocenters. The lowest BCUT2D eigenvalue weighted by atomic mass is 9.51. The molecular formula is C29H37F3N6O2. The minimum Gasteiger partial charge on any atom is -0.322 e. The molecule has 2 aromatic heterocycles. The van der Waals surface area contributed by atoms with Gasteiger partial charge in [0.1, 0.15) is 17.7 Å². The van der Waals surface area contributed by atoms with E-state index in [0.717, 1.165) is 28.8 Å². The predicted octanol–water partition coefficient (Wildman–Crippen LogP) is 5.03. The molecule has 4 rings (SSSR count). The van der Waals surface area contributed by atoms with E-state index in [1.807, 2.05) is 43.7 Å². The summed E-state index contributed by atoms with van der Waals surface area (Å²) in [6, 6.07) is 8.88. The number of aromatic nitrogens is 4. The summed E-state index contributed by atoms with van der Waals surface area (Å²) >= 11 is 0. The molecule has 0 aliphatic heterocycles.